The number of methoxy groups -OCH3 is 3. The summed E-state index contributed by atoms with van der Waals surface area (Å²) in [6.07, 6.45) is 0.175. The number of thioether (sulfide) groups is 1. The number of carbonyl (C=O) groups is 1. The zero-order valence-corrected chi connectivity index (χ0v) is 20.6. The van der Waals surface area contributed by atoms with Gasteiger partial charge in [0.15, 0.2) is 11.5 Å². The molecule has 0 unspecified atom stereocenters. The molecule has 0 bridgehead atoms. The van der Waals surface area contributed by atoms with E-state index in [1.54, 1.807) is 21.7 Å². The molecule has 34 heavy (non-hydrogen) atoms. The van der Waals surface area contributed by atoms with Crippen LogP contribution in [0.25, 0.3) is 11.3 Å². The van der Waals surface area contributed by atoms with E-state index in [0.29, 0.717) is 44.9 Å². The highest BCUT2D eigenvalue weighted by atomic mass is 32.2. The maximum absolute atomic E-state index is 13.3. The highest BCUT2D eigenvalue weighted by Gasteiger charge is 2.45. The summed E-state index contributed by atoms with van der Waals surface area (Å²) >= 11 is 1.46. The minimum atomic E-state index is -0.751. The molecular weight excluding hydrogens is 456 g/mol. The van der Waals surface area contributed by atoms with E-state index >= 15 is 0 Å². The highest BCUT2D eigenvalue weighted by molar-refractivity contribution is 7.99. The van der Waals surface area contributed by atoms with E-state index in [0.717, 1.165) is 12.2 Å². The third-order valence-electron chi connectivity index (χ3n) is 5.53. The van der Waals surface area contributed by atoms with Crippen LogP contribution in [-0.2, 0) is 4.79 Å². The molecule has 1 aliphatic rings. The SMILES string of the molecule is CCCSc1n[n+]2c(c(=O)[nH]1)-c1ccccc1N(C(C)=O)[C@H]2c1cc(OC)c(OC)c(OC)c1. The summed E-state index contributed by atoms with van der Waals surface area (Å²) in [4.78, 5) is 30.9. The number of carbonyl (C=O) groups excluding carboxylic acids is 1. The van der Waals surface area contributed by atoms with Crippen molar-refractivity contribution in [3.8, 4) is 28.5 Å². The predicted molar refractivity (Wildman–Crippen MR) is 129 cm³/mol. The third kappa shape index (κ3) is 3.98. The van der Waals surface area contributed by atoms with Gasteiger partial charge in [0.1, 0.15) is 0 Å². The van der Waals surface area contributed by atoms with Gasteiger partial charge in [-0.25, -0.2) is 4.90 Å². The Balaban J connectivity index is 2.05. The second-order valence-electron chi connectivity index (χ2n) is 7.64. The normalized spacial score (nSPS) is 14.3. The van der Waals surface area contributed by atoms with Crippen LogP contribution in [0.1, 0.15) is 32.0 Å². The summed E-state index contributed by atoms with van der Waals surface area (Å²) in [6.45, 7) is 3.55. The number of rotatable bonds is 7. The molecule has 1 atom stereocenters. The highest BCUT2D eigenvalue weighted by Crippen LogP contribution is 2.43. The van der Waals surface area contributed by atoms with Crippen LogP contribution in [-0.4, -0.2) is 43.1 Å². The van der Waals surface area contributed by atoms with Gasteiger partial charge in [-0.05, 0) is 35.4 Å². The molecule has 0 radical (unpaired) electrons. The van der Waals surface area contributed by atoms with E-state index in [1.807, 2.05) is 24.3 Å². The number of hydrogen-bond donors (Lipinski definition) is 1. The molecule has 1 amide bonds. The second-order valence-corrected chi connectivity index (χ2v) is 8.72. The van der Waals surface area contributed by atoms with Crippen molar-refractivity contribution in [3.63, 3.8) is 0 Å². The monoisotopic (exact) mass is 483 g/mol. The Morgan fingerprint density at radius 2 is 1.82 bits per heavy atom. The van der Waals surface area contributed by atoms with Crippen molar-refractivity contribution in [1.82, 2.24) is 10.1 Å². The lowest BCUT2D eigenvalue weighted by atomic mass is 10.0. The fraction of sp³-hybridized carbons (Fsp3) is 0.333. The lowest BCUT2D eigenvalue weighted by molar-refractivity contribution is -0.763. The van der Waals surface area contributed by atoms with Gasteiger partial charge in [-0.15, -0.1) is 0 Å². The summed E-state index contributed by atoms with van der Waals surface area (Å²) in [7, 11) is 4.59. The molecule has 1 aromatic heterocycles. The largest absolute Gasteiger partial charge is 0.493 e. The molecule has 0 fully saturated rings. The summed E-state index contributed by atoms with van der Waals surface area (Å²) in [6, 6.07) is 10.9. The van der Waals surface area contributed by atoms with Crippen LogP contribution in [0.4, 0.5) is 5.69 Å². The van der Waals surface area contributed by atoms with Crippen LogP contribution >= 0.6 is 11.8 Å². The molecule has 10 heteroatoms. The third-order valence-corrected chi connectivity index (χ3v) is 6.60. The molecule has 0 saturated carbocycles. The fourth-order valence-electron chi connectivity index (χ4n) is 4.13. The number of fused-ring (bicyclic) bond motifs is 3. The molecule has 2 aromatic carbocycles. The second kappa shape index (κ2) is 9.76. The standard InChI is InChI=1S/C24H26N4O5S/c1-6-11-34-24-25-22(30)20-16-9-7-8-10-17(16)27(14(2)29)23(28(20)26-24)15-12-18(31-3)21(33-5)19(13-15)32-4/h7-10,12-13,23H,6,11H2,1-5H3/p+1/t23-/m1/s1. The summed E-state index contributed by atoms with van der Waals surface area (Å²) in [5.41, 5.74) is 1.99. The molecule has 2 heterocycles. The first kappa shape index (κ1) is 23.6. The molecular formula is C24H27N4O5S+. The predicted octanol–water partition coefficient (Wildman–Crippen LogP) is 3.17. The van der Waals surface area contributed by atoms with Crippen LogP contribution in [0.3, 0.4) is 0 Å². The van der Waals surface area contributed by atoms with Crippen molar-refractivity contribution in [2.45, 2.75) is 31.6 Å². The Kier molecular flexibility index (Phi) is 6.78. The van der Waals surface area contributed by atoms with Crippen molar-refractivity contribution < 1.29 is 23.7 Å². The van der Waals surface area contributed by atoms with Gasteiger partial charge in [0.05, 0.1) is 38.1 Å². The Bertz CT molecular complexity index is 1270. The Hall–Kier alpha value is -3.53. The average Bonchev–Trinajstić information content (AvgIpc) is 2.85. The summed E-state index contributed by atoms with van der Waals surface area (Å²) in [5, 5.41) is 5.25. The Morgan fingerprint density at radius 3 is 2.41 bits per heavy atom. The van der Waals surface area contributed by atoms with Crippen molar-refractivity contribution in [1.29, 1.82) is 0 Å². The maximum atomic E-state index is 13.3. The number of nitrogens with zero attached hydrogens (tertiary/aromatic N) is 3. The minimum Gasteiger partial charge on any atom is -0.493 e. The van der Waals surface area contributed by atoms with Crippen molar-refractivity contribution in [3.05, 3.63) is 52.3 Å². The molecule has 0 spiro atoms. The van der Waals surface area contributed by atoms with Gasteiger partial charge in [-0.3, -0.25) is 14.6 Å². The lowest BCUT2D eigenvalue weighted by Gasteiger charge is -2.31. The first-order valence-corrected chi connectivity index (χ1v) is 11.8. The number of H-pyrrole nitrogens is 1. The van der Waals surface area contributed by atoms with Crippen LogP contribution in [0.2, 0.25) is 0 Å². The van der Waals surface area contributed by atoms with Gasteiger partial charge < -0.3 is 14.2 Å². The number of benzene rings is 2. The van der Waals surface area contributed by atoms with E-state index in [1.165, 1.54) is 40.0 Å². The van der Waals surface area contributed by atoms with Crippen LogP contribution in [0.5, 0.6) is 17.2 Å². The van der Waals surface area contributed by atoms with Crippen molar-refractivity contribution in [2.75, 3.05) is 32.0 Å². The molecule has 1 N–H and O–H groups in total. The number of nitrogens with one attached hydrogen (secondary N) is 1. The van der Waals surface area contributed by atoms with E-state index in [2.05, 4.69) is 11.9 Å². The number of anilines is 1. The van der Waals surface area contributed by atoms with Crippen molar-refractivity contribution in [2.24, 2.45) is 0 Å². The van der Waals surface area contributed by atoms with Gasteiger partial charge in [0.2, 0.25) is 16.8 Å². The van der Waals surface area contributed by atoms with Gasteiger partial charge in [-0.2, -0.15) is 0 Å². The Labute approximate surface area is 201 Å². The first-order valence-electron chi connectivity index (χ1n) is 10.8. The van der Waals surface area contributed by atoms with E-state index in [9.17, 15) is 9.59 Å². The molecule has 178 valence electrons. The van der Waals surface area contributed by atoms with Gasteiger partial charge in [0.25, 0.3) is 6.17 Å². The van der Waals surface area contributed by atoms with Crippen LogP contribution in [0, 0.1) is 0 Å². The molecule has 1 aliphatic heterocycles. The van der Waals surface area contributed by atoms with Gasteiger partial charge in [0, 0.05) is 17.8 Å². The quantitative estimate of drug-likeness (QED) is 0.407. The summed E-state index contributed by atoms with van der Waals surface area (Å²) in [5.74, 6) is 1.90. The molecule has 0 aliphatic carbocycles. The fourth-order valence-corrected chi connectivity index (χ4v) is 4.84. The number of para-hydroxylation sites is 1. The zero-order valence-electron chi connectivity index (χ0n) is 19.7. The van der Waals surface area contributed by atoms with Gasteiger partial charge in [-0.1, -0.05) is 30.8 Å². The number of aromatic nitrogens is 3. The van der Waals surface area contributed by atoms with Gasteiger partial charge >= 0.3 is 11.3 Å². The molecule has 3 aromatic rings. The van der Waals surface area contributed by atoms with E-state index < -0.39 is 6.17 Å². The number of aromatic amines is 1. The zero-order chi connectivity index (χ0) is 24.4. The molecule has 4 rings (SSSR count). The first-order chi connectivity index (χ1) is 16.4. The Morgan fingerprint density at radius 1 is 1.15 bits per heavy atom. The molecule has 0 saturated heterocycles. The topological polar surface area (TPSA) is 97.6 Å². The lowest BCUT2D eigenvalue weighted by Crippen LogP contribution is -2.60. The van der Waals surface area contributed by atoms with E-state index in [-0.39, 0.29) is 11.5 Å². The van der Waals surface area contributed by atoms with E-state index in [4.69, 9.17) is 19.3 Å². The number of hydrogen-bond acceptors (Lipinski definition) is 7. The maximum Gasteiger partial charge on any atom is 0.325 e. The number of ether oxygens (including phenoxy) is 3. The number of amides is 1. The van der Waals surface area contributed by atoms with Crippen molar-refractivity contribution >= 4 is 23.4 Å². The minimum absolute atomic E-state index is 0.200. The van der Waals surface area contributed by atoms with Crippen LogP contribution in [0.15, 0.2) is 46.3 Å². The van der Waals surface area contributed by atoms with Crippen LogP contribution < -0.4 is 29.4 Å². The summed E-state index contributed by atoms with van der Waals surface area (Å²) < 4.78 is 18.2. The molecule has 9 nitrogen and oxygen atoms in total. The average molecular weight is 484 g/mol. The smallest absolute Gasteiger partial charge is 0.325 e.